The first kappa shape index (κ1) is 22.1. The Kier molecular flexibility index (Phi) is 9.32. The number of aliphatic imine (C=N–C) groups is 1. The van der Waals surface area contributed by atoms with Gasteiger partial charge in [0.15, 0.2) is 5.96 Å². The van der Waals surface area contributed by atoms with Crippen LogP contribution in [0.4, 0.5) is 8.78 Å². The van der Waals surface area contributed by atoms with Crippen LogP contribution in [-0.4, -0.2) is 38.6 Å². The third-order valence-corrected chi connectivity index (χ3v) is 3.89. The molecule has 2 rings (SSSR count). The lowest BCUT2D eigenvalue weighted by Crippen LogP contribution is -2.39. The summed E-state index contributed by atoms with van der Waals surface area (Å²) in [6, 6.07) is 11.6. The fourth-order valence-corrected chi connectivity index (χ4v) is 2.62. The molecule has 0 bridgehead atoms. The smallest absolute Gasteiger partial charge is 0.193 e. The molecule has 0 fully saturated rings. The van der Waals surface area contributed by atoms with Crippen LogP contribution in [0.25, 0.3) is 0 Å². The molecule has 0 aromatic heterocycles. The molecule has 0 atom stereocenters. The van der Waals surface area contributed by atoms with Gasteiger partial charge in [-0.1, -0.05) is 24.3 Å². The van der Waals surface area contributed by atoms with Crippen LogP contribution < -0.4 is 10.1 Å². The summed E-state index contributed by atoms with van der Waals surface area (Å²) in [7, 11) is 5.20. The molecule has 0 unspecified atom stereocenters. The predicted octanol–water partition coefficient (Wildman–Crippen LogP) is 3.84. The first-order valence-electron chi connectivity index (χ1n) is 8.03. The van der Waals surface area contributed by atoms with E-state index in [1.165, 1.54) is 18.2 Å². The Morgan fingerprint density at radius 2 is 1.77 bits per heavy atom. The molecule has 0 spiro atoms. The first-order chi connectivity index (χ1) is 12.1. The van der Waals surface area contributed by atoms with E-state index in [4.69, 9.17) is 4.74 Å². The highest BCUT2D eigenvalue weighted by Gasteiger charge is 2.11. The van der Waals surface area contributed by atoms with Crippen LogP contribution in [-0.2, 0) is 13.0 Å². The van der Waals surface area contributed by atoms with Crippen LogP contribution in [0.2, 0.25) is 0 Å². The third kappa shape index (κ3) is 5.82. The van der Waals surface area contributed by atoms with Crippen molar-refractivity contribution < 1.29 is 13.5 Å². The SMILES string of the molecule is CN=C(NCCc1c(F)cccc1F)N(C)Cc1ccccc1OC.I. The molecule has 0 aliphatic carbocycles. The van der Waals surface area contributed by atoms with E-state index in [1.54, 1.807) is 14.2 Å². The highest BCUT2D eigenvalue weighted by atomic mass is 127. The molecule has 2 aromatic carbocycles. The summed E-state index contributed by atoms with van der Waals surface area (Å²) in [5.74, 6) is 0.388. The maximum absolute atomic E-state index is 13.7. The molecule has 26 heavy (non-hydrogen) atoms. The van der Waals surface area contributed by atoms with Gasteiger partial charge in [-0.3, -0.25) is 4.99 Å². The summed E-state index contributed by atoms with van der Waals surface area (Å²) < 4.78 is 32.7. The molecule has 7 heteroatoms. The minimum atomic E-state index is -0.529. The number of nitrogens with one attached hydrogen (secondary N) is 1. The number of benzene rings is 2. The van der Waals surface area contributed by atoms with Gasteiger partial charge in [0, 0.05) is 38.3 Å². The molecular weight excluding hydrogens is 451 g/mol. The normalized spacial score (nSPS) is 10.9. The standard InChI is InChI=1S/C19H23F2N3O.HI/c1-22-19(23-12-11-15-16(20)8-6-9-17(15)21)24(2)13-14-7-4-5-10-18(14)25-3;/h4-10H,11-13H2,1-3H3,(H,22,23);1H. The lowest BCUT2D eigenvalue weighted by Gasteiger charge is -2.23. The summed E-state index contributed by atoms with van der Waals surface area (Å²) in [5, 5.41) is 3.13. The van der Waals surface area contributed by atoms with Crippen molar-refractivity contribution in [2.45, 2.75) is 13.0 Å². The highest BCUT2D eigenvalue weighted by Crippen LogP contribution is 2.18. The lowest BCUT2D eigenvalue weighted by molar-refractivity contribution is 0.396. The van der Waals surface area contributed by atoms with Crippen molar-refractivity contribution in [2.24, 2.45) is 4.99 Å². The second kappa shape index (κ2) is 10.9. The Morgan fingerprint density at radius 3 is 2.38 bits per heavy atom. The summed E-state index contributed by atoms with van der Waals surface area (Å²) in [6.45, 7) is 0.971. The molecule has 2 aromatic rings. The van der Waals surface area contributed by atoms with E-state index < -0.39 is 11.6 Å². The van der Waals surface area contributed by atoms with Crippen LogP contribution >= 0.6 is 24.0 Å². The lowest BCUT2D eigenvalue weighted by atomic mass is 10.1. The maximum Gasteiger partial charge on any atom is 0.193 e. The predicted molar refractivity (Wildman–Crippen MR) is 111 cm³/mol. The van der Waals surface area contributed by atoms with Crippen LogP contribution in [0.1, 0.15) is 11.1 Å². The number of rotatable bonds is 6. The van der Waals surface area contributed by atoms with Crippen molar-refractivity contribution >= 4 is 29.9 Å². The Morgan fingerprint density at radius 1 is 1.12 bits per heavy atom. The number of hydrogen-bond acceptors (Lipinski definition) is 2. The second-order valence-electron chi connectivity index (χ2n) is 5.59. The van der Waals surface area contributed by atoms with Gasteiger partial charge in [-0.15, -0.1) is 24.0 Å². The first-order valence-corrected chi connectivity index (χ1v) is 8.03. The van der Waals surface area contributed by atoms with Crippen LogP contribution in [0.3, 0.4) is 0 Å². The van der Waals surface area contributed by atoms with E-state index in [0.717, 1.165) is 11.3 Å². The van der Waals surface area contributed by atoms with Gasteiger partial charge in [-0.05, 0) is 24.6 Å². The zero-order chi connectivity index (χ0) is 18.2. The summed E-state index contributed by atoms with van der Waals surface area (Å²) in [6.07, 6.45) is 0.236. The summed E-state index contributed by atoms with van der Waals surface area (Å²) in [4.78, 5) is 6.14. The van der Waals surface area contributed by atoms with Crippen LogP contribution in [0.15, 0.2) is 47.5 Å². The van der Waals surface area contributed by atoms with Gasteiger partial charge in [0.25, 0.3) is 0 Å². The van der Waals surface area contributed by atoms with Crippen molar-refractivity contribution in [3.63, 3.8) is 0 Å². The van der Waals surface area contributed by atoms with Crippen molar-refractivity contribution in [1.82, 2.24) is 10.2 Å². The molecule has 4 nitrogen and oxygen atoms in total. The number of nitrogens with zero attached hydrogens (tertiary/aromatic N) is 2. The second-order valence-corrected chi connectivity index (χ2v) is 5.59. The third-order valence-electron chi connectivity index (χ3n) is 3.89. The molecular formula is C19H24F2IN3O. The van der Waals surface area contributed by atoms with Gasteiger partial charge in [0.2, 0.25) is 0 Å². The van der Waals surface area contributed by atoms with Crippen molar-refractivity contribution in [3.05, 3.63) is 65.2 Å². The minimum absolute atomic E-state index is 0. The number of halogens is 3. The number of hydrogen-bond donors (Lipinski definition) is 1. The van der Waals surface area contributed by atoms with E-state index in [0.29, 0.717) is 19.0 Å². The Bertz CT molecular complexity index is 720. The van der Waals surface area contributed by atoms with Gasteiger partial charge in [-0.2, -0.15) is 0 Å². The number of methoxy groups -OCH3 is 1. The van der Waals surface area contributed by atoms with Gasteiger partial charge in [0.05, 0.1) is 7.11 Å². The number of guanidine groups is 1. The fourth-order valence-electron chi connectivity index (χ4n) is 2.62. The Hall–Kier alpha value is -1.90. The average Bonchev–Trinajstić information content (AvgIpc) is 2.61. The molecule has 1 N–H and O–H groups in total. The molecule has 0 radical (unpaired) electrons. The van der Waals surface area contributed by atoms with E-state index in [1.807, 2.05) is 36.2 Å². The van der Waals surface area contributed by atoms with E-state index in [-0.39, 0.29) is 36.0 Å². The maximum atomic E-state index is 13.7. The Balaban J connectivity index is 0.00000338. The minimum Gasteiger partial charge on any atom is -0.496 e. The van der Waals surface area contributed by atoms with E-state index >= 15 is 0 Å². The molecule has 0 amide bonds. The topological polar surface area (TPSA) is 36.9 Å². The zero-order valence-corrected chi connectivity index (χ0v) is 17.5. The fraction of sp³-hybridized carbons (Fsp3) is 0.316. The zero-order valence-electron chi connectivity index (χ0n) is 15.1. The monoisotopic (exact) mass is 475 g/mol. The molecule has 0 heterocycles. The van der Waals surface area contributed by atoms with Crippen molar-refractivity contribution in [2.75, 3.05) is 27.7 Å². The van der Waals surface area contributed by atoms with E-state index in [9.17, 15) is 8.78 Å². The van der Waals surface area contributed by atoms with Crippen LogP contribution in [0, 0.1) is 11.6 Å². The van der Waals surface area contributed by atoms with Gasteiger partial charge < -0.3 is 15.0 Å². The van der Waals surface area contributed by atoms with Crippen molar-refractivity contribution in [3.8, 4) is 5.75 Å². The highest BCUT2D eigenvalue weighted by molar-refractivity contribution is 14.0. The number of para-hydroxylation sites is 1. The molecule has 0 aliphatic rings. The quantitative estimate of drug-likeness (QED) is 0.392. The summed E-state index contributed by atoms with van der Waals surface area (Å²) >= 11 is 0. The molecule has 0 saturated carbocycles. The molecule has 0 aliphatic heterocycles. The molecule has 0 saturated heterocycles. The van der Waals surface area contributed by atoms with Crippen LogP contribution in [0.5, 0.6) is 5.75 Å². The summed E-state index contributed by atoms with van der Waals surface area (Å²) in [5.41, 5.74) is 1.11. The number of ether oxygens (including phenoxy) is 1. The largest absolute Gasteiger partial charge is 0.496 e. The average molecular weight is 475 g/mol. The molecule has 142 valence electrons. The van der Waals surface area contributed by atoms with Gasteiger partial charge in [-0.25, -0.2) is 8.78 Å². The van der Waals surface area contributed by atoms with Crippen molar-refractivity contribution in [1.29, 1.82) is 0 Å². The van der Waals surface area contributed by atoms with E-state index in [2.05, 4.69) is 10.3 Å². The van der Waals surface area contributed by atoms with Gasteiger partial charge in [0.1, 0.15) is 17.4 Å². The van der Waals surface area contributed by atoms with Gasteiger partial charge >= 0.3 is 0 Å². The Labute approximate surface area is 170 Å².